The third-order valence-electron chi connectivity index (χ3n) is 5.02. The van der Waals surface area contributed by atoms with E-state index >= 15 is 0 Å². The number of rotatable bonds is 6. The van der Waals surface area contributed by atoms with Gasteiger partial charge in [-0.2, -0.15) is 5.10 Å². The zero-order chi connectivity index (χ0) is 22.0. The lowest BCUT2D eigenvalue weighted by atomic mass is 10.1. The van der Waals surface area contributed by atoms with E-state index in [0.29, 0.717) is 17.4 Å². The summed E-state index contributed by atoms with van der Waals surface area (Å²) in [6.45, 7) is 11.8. The monoisotopic (exact) mass is 409 g/mol. The molecule has 7 heteroatoms. The predicted molar refractivity (Wildman–Crippen MR) is 117 cm³/mol. The van der Waals surface area contributed by atoms with Crippen LogP contribution in [0, 0.1) is 20.8 Å². The number of nitrogens with zero attached hydrogens (tertiary/aromatic N) is 2. The number of hydrogen-bond acceptors (Lipinski definition) is 5. The van der Waals surface area contributed by atoms with Crippen molar-refractivity contribution in [3.05, 3.63) is 63.3 Å². The Kier molecular flexibility index (Phi) is 6.10. The first-order chi connectivity index (χ1) is 14.2. The highest BCUT2D eigenvalue weighted by Gasteiger charge is 2.15. The molecule has 1 amide bonds. The van der Waals surface area contributed by atoms with Crippen molar-refractivity contribution in [2.75, 3.05) is 0 Å². The first-order valence-electron chi connectivity index (χ1n) is 9.90. The minimum atomic E-state index is -0.778. The molecule has 7 nitrogen and oxygen atoms in total. The summed E-state index contributed by atoms with van der Waals surface area (Å²) < 4.78 is 13.1. The number of nitrogens with one attached hydrogen (secondary N) is 1. The van der Waals surface area contributed by atoms with Gasteiger partial charge in [0, 0.05) is 40.5 Å². The summed E-state index contributed by atoms with van der Waals surface area (Å²) in [6, 6.07) is 8.98. The summed E-state index contributed by atoms with van der Waals surface area (Å²) in [4.78, 5) is 23.9. The van der Waals surface area contributed by atoms with Gasteiger partial charge in [0.1, 0.15) is 11.3 Å². The largest absolute Gasteiger partial charge is 0.481 e. The first kappa shape index (κ1) is 21.4. The molecule has 0 saturated heterocycles. The van der Waals surface area contributed by atoms with E-state index in [1.807, 2.05) is 26.8 Å². The van der Waals surface area contributed by atoms with Crippen molar-refractivity contribution < 1.29 is 13.9 Å². The molecular formula is C23H27N3O4. The van der Waals surface area contributed by atoms with Crippen LogP contribution in [0.15, 0.2) is 44.6 Å². The van der Waals surface area contributed by atoms with E-state index in [9.17, 15) is 9.59 Å². The van der Waals surface area contributed by atoms with Gasteiger partial charge in [0.25, 0.3) is 5.91 Å². The molecule has 1 aromatic carbocycles. The average molecular weight is 409 g/mol. The molecule has 0 aliphatic rings. The molecule has 0 fully saturated rings. The number of ether oxygens (including phenoxy) is 1. The van der Waals surface area contributed by atoms with Crippen molar-refractivity contribution in [3.8, 4) is 5.75 Å². The highest BCUT2D eigenvalue weighted by molar-refractivity contribution is 5.85. The lowest BCUT2D eigenvalue weighted by Crippen LogP contribution is -2.33. The van der Waals surface area contributed by atoms with Gasteiger partial charge in [0.05, 0.1) is 6.21 Å². The molecule has 0 radical (unpaired) electrons. The van der Waals surface area contributed by atoms with E-state index in [4.69, 9.17) is 9.15 Å². The molecule has 0 aliphatic carbocycles. The second-order valence-corrected chi connectivity index (χ2v) is 7.69. The van der Waals surface area contributed by atoms with Crippen LogP contribution < -0.4 is 15.8 Å². The number of carbonyl (C=O) groups excluding carboxylic acids is 1. The van der Waals surface area contributed by atoms with Crippen molar-refractivity contribution >= 4 is 23.1 Å². The zero-order valence-electron chi connectivity index (χ0n) is 18.1. The van der Waals surface area contributed by atoms with E-state index < -0.39 is 11.7 Å². The Morgan fingerprint density at radius 2 is 1.90 bits per heavy atom. The highest BCUT2D eigenvalue weighted by atomic mass is 16.5. The Morgan fingerprint density at radius 1 is 1.17 bits per heavy atom. The normalized spacial score (nSPS) is 12.6. The van der Waals surface area contributed by atoms with Crippen LogP contribution >= 0.6 is 0 Å². The van der Waals surface area contributed by atoms with Gasteiger partial charge in [-0.05, 0) is 65.3 Å². The van der Waals surface area contributed by atoms with Gasteiger partial charge >= 0.3 is 5.63 Å². The molecule has 3 aromatic rings. The number of carbonyl (C=O) groups is 1. The van der Waals surface area contributed by atoms with Crippen molar-refractivity contribution in [1.29, 1.82) is 0 Å². The number of fused-ring (bicyclic) bond motifs is 1. The lowest BCUT2D eigenvalue weighted by Gasteiger charge is -2.13. The molecule has 2 heterocycles. The van der Waals surface area contributed by atoms with Crippen LogP contribution in [0.1, 0.15) is 49.3 Å². The van der Waals surface area contributed by atoms with Crippen molar-refractivity contribution in [2.24, 2.45) is 5.10 Å². The Morgan fingerprint density at radius 3 is 2.57 bits per heavy atom. The van der Waals surface area contributed by atoms with Crippen LogP contribution in [0.3, 0.4) is 0 Å². The molecule has 3 rings (SSSR count). The Balaban J connectivity index is 1.67. The highest BCUT2D eigenvalue weighted by Crippen LogP contribution is 2.23. The SMILES string of the molecule is Cc1cc(=O)oc2cc(O[C@H](C)C(=O)N/N=C\c3cc(C)n(C(C)C)c3C)ccc12. The second-order valence-electron chi connectivity index (χ2n) is 7.69. The number of hydrogen-bond donors (Lipinski definition) is 1. The lowest BCUT2D eigenvalue weighted by molar-refractivity contribution is -0.127. The maximum atomic E-state index is 12.3. The fourth-order valence-corrected chi connectivity index (χ4v) is 3.62. The van der Waals surface area contributed by atoms with E-state index in [0.717, 1.165) is 27.9 Å². The predicted octanol–water partition coefficient (Wildman–Crippen LogP) is 4.02. The first-order valence-corrected chi connectivity index (χ1v) is 9.90. The Labute approximate surface area is 175 Å². The van der Waals surface area contributed by atoms with Crippen LogP contribution in [0.25, 0.3) is 11.0 Å². The Hall–Kier alpha value is -3.35. The summed E-state index contributed by atoms with van der Waals surface area (Å²) in [5, 5.41) is 4.90. The minimum Gasteiger partial charge on any atom is -0.481 e. The minimum absolute atomic E-state index is 0.352. The fraction of sp³-hybridized carbons (Fsp3) is 0.348. The molecule has 1 atom stereocenters. The standard InChI is InChI=1S/C23H27N3O4/c1-13(2)26-15(4)10-18(16(26)5)12-24-25-23(28)17(6)29-19-7-8-20-14(3)9-22(27)30-21(20)11-19/h7-13,17H,1-6H3,(H,25,28)/b24-12-/t17-/m1/s1. The van der Waals surface area contributed by atoms with Gasteiger partial charge in [-0.15, -0.1) is 0 Å². The molecule has 2 aromatic heterocycles. The van der Waals surface area contributed by atoms with E-state index in [1.165, 1.54) is 6.07 Å². The van der Waals surface area contributed by atoms with Gasteiger partial charge in [-0.3, -0.25) is 4.79 Å². The fourth-order valence-electron chi connectivity index (χ4n) is 3.62. The number of amides is 1. The van der Waals surface area contributed by atoms with Gasteiger partial charge in [0.2, 0.25) is 0 Å². The van der Waals surface area contributed by atoms with E-state index in [-0.39, 0.29) is 5.91 Å². The number of hydrazone groups is 1. The van der Waals surface area contributed by atoms with Gasteiger partial charge < -0.3 is 13.7 Å². The molecule has 158 valence electrons. The molecule has 1 N–H and O–H groups in total. The molecule has 0 saturated carbocycles. The van der Waals surface area contributed by atoms with E-state index in [1.54, 1.807) is 31.3 Å². The summed E-state index contributed by atoms with van der Waals surface area (Å²) in [5.74, 6) is 0.0538. The summed E-state index contributed by atoms with van der Waals surface area (Å²) in [6.07, 6.45) is 0.860. The Bertz CT molecular complexity index is 1170. The zero-order valence-corrected chi connectivity index (χ0v) is 18.1. The quantitative estimate of drug-likeness (QED) is 0.379. The van der Waals surface area contributed by atoms with Crippen molar-refractivity contribution in [3.63, 3.8) is 0 Å². The topological polar surface area (TPSA) is 85.8 Å². The van der Waals surface area contributed by atoms with Crippen LogP contribution in [0.5, 0.6) is 5.75 Å². The van der Waals surface area contributed by atoms with Crippen LogP contribution in [-0.4, -0.2) is 22.8 Å². The molecule has 0 aliphatic heterocycles. The van der Waals surface area contributed by atoms with Crippen molar-refractivity contribution in [2.45, 2.75) is 53.7 Å². The van der Waals surface area contributed by atoms with Gasteiger partial charge in [-0.25, -0.2) is 10.2 Å². The van der Waals surface area contributed by atoms with Crippen LogP contribution in [-0.2, 0) is 4.79 Å². The van der Waals surface area contributed by atoms with E-state index in [2.05, 4.69) is 28.9 Å². The number of aryl methyl sites for hydroxylation is 2. The number of benzene rings is 1. The third-order valence-corrected chi connectivity index (χ3v) is 5.02. The van der Waals surface area contributed by atoms with Gasteiger partial charge in [0.15, 0.2) is 6.10 Å². The van der Waals surface area contributed by atoms with Gasteiger partial charge in [-0.1, -0.05) is 0 Å². The summed E-state index contributed by atoms with van der Waals surface area (Å²) in [5.41, 5.74) is 6.53. The maximum Gasteiger partial charge on any atom is 0.336 e. The molecule has 30 heavy (non-hydrogen) atoms. The summed E-state index contributed by atoms with van der Waals surface area (Å²) in [7, 11) is 0. The number of aromatic nitrogens is 1. The smallest absolute Gasteiger partial charge is 0.336 e. The maximum absolute atomic E-state index is 12.3. The molecule has 0 bridgehead atoms. The van der Waals surface area contributed by atoms with Crippen LogP contribution in [0.2, 0.25) is 0 Å². The summed E-state index contributed by atoms with van der Waals surface area (Å²) >= 11 is 0. The van der Waals surface area contributed by atoms with Crippen LogP contribution in [0.4, 0.5) is 0 Å². The third kappa shape index (κ3) is 4.45. The molecule has 0 unspecified atom stereocenters. The molecular weight excluding hydrogens is 382 g/mol. The van der Waals surface area contributed by atoms with Crippen molar-refractivity contribution in [1.82, 2.24) is 9.99 Å². The second kappa shape index (κ2) is 8.57. The molecule has 0 spiro atoms. The average Bonchev–Trinajstić information content (AvgIpc) is 2.94.